The van der Waals surface area contributed by atoms with Crippen molar-refractivity contribution >= 4 is 11.5 Å². The Bertz CT molecular complexity index is 619. The smallest absolute Gasteiger partial charge is 0.187 e. The fraction of sp³-hybridized carbons (Fsp3) is 0.154. The molecule has 18 heavy (non-hydrogen) atoms. The maximum Gasteiger partial charge on any atom is 0.187 e. The summed E-state index contributed by atoms with van der Waals surface area (Å²) in [4.78, 5) is 9.25. The minimum Gasteiger partial charge on any atom is -0.326 e. The SMILES string of the molecule is Cc1ncnc(N(C)c2ccccc2C#N)c1F. The first kappa shape index (κ1) is 12.0. The van der Waals surface area contributed by atoms with Gasteiger partial charge in [-0.1, -0.05) is 12.1 Å². The zero-order valence-corrected chi connectivity index (χ0v) is 10.1. The van der Waals surface area contributed by atoms with Gasteiger partial charge < -0.3 is 4.90 Å². The standard InChI is InChI=1S/C13H11FN4/c1-9-12(14)13(17-8-16-9)18(2)11-6-4-3-5-10(11)7-15/h3-6,8H,1-2H3. The second-order valence-corrected chi connectivity index (χ2v) is 3.78. The van der Waals surface area contributed by atoms with Gasteiger partial charge in [-0.25, -0.2) is 14.4 Å². The first-order valence-corrected chi connectivity index (χ1v) is 5.35. The maximum absolute atomic E-state index is 13.9. The zero-order valence-electron chi connectivity index (χ0n) is 10.1. The molecule has 2 rings (SSSR count). The van der Waals surface area contributed by atoms with Crippen molar-refractivity contribution in [1.82, 2.24) is 9.97 Å². The number of rotatable bonds is 2. The van der Waals surface area contributed by atoms with Gasteiger partial charge in [-0.2, -0.15) is 5.26 Å². The molecule has 5 heteroatoms. The Balaban J connectivity index is 2.52. The van der Waals surface area contributed by atoms with Crippen LogP contribution in [0.25, 0.3) is 0 Å². The zero-order chi connectivity index (χ0) is 13.1. The molecular weight excluding hydrogens is 231 g/mol. The quantitative estimate of drug-likeness (QED) is 0.812. The van der Waals surface area contributed by atoms with Gasteiger partial charge in [-0.3, -0.25) is 0 Å². The van der Waals surface area contributed by atoms with E-state index >= 15 is 0 Å². The van der Waals surface area contributed by atoms with Crippen LogP contribution in [0.3, 0.4) is 0 Å². The third kappa shape index (κ3) is 2.00. The summed E-state index contributed by atoms with van der Waals surface area (Å²) in [7, 11) is 1.67. The lowest BCUT2D eigenvalue weighted by Crippen LogP contribution is -2.15. The van der Waals surface area contributed by atoms with E-state index in [9.17, 15) is 4.39 Å². The summed E-state index contributed by atoms with van der Waals surface area (Å²) >= 11 is 0. The van der Waals surface area contributed by atoms with Crippen LogP contribution in [0.5, 0.6) is 0 Å². The number of nitriles is 1. The molecule has 0 amide bonds. The Morgan fingerprint density at radius 1 is 1.28 bits per heavy atom. The normalized spacial score (nSPS) is 9.89. The molecule has 1 aromatic carbocycles. The monoisotopic (exact) mass is 242 g/mol. The summed E-state index contributed by atoms with van der Waals surface area (Å²) in [6.07, 6.45) is 1.30. The Hall–Kier alpha value is -2.48. The molecule has 0 radical (unpaired) electrons. The number of aromatic nitrogens is 2. The molecule has 0 spiro atoms. The molecule has 0 unspecified atom stereocenters. The van der Waals surface area contributed by atoms with E-state index in [0.717, 1.165) is 0 Å². The van der Waals surface area contributed by atoms with Gasteiger partial charge >= 0.3 is 0 Å². The summed E-state index contributed by atoms with van der Waals surface area (Å²) < 4.78 is 13.9. The number of hydrogen-bond donors (Lipinski definition) is 0. The number of aryl methyl sites for hydroxylation is 1. The van der Waals surface area contributed by atoms with Crippen molar-refractivity contribution in [2.24, 2.45) is 0 Å². The Morgan fingerprint density at radius 3 is 2.72 bits per heavy atom. The third-order valence-corrected chi connectivity index (χ3v) is 2.65. The molecule has 1 heterocycles. The predicted molar refractivity (Wildman–Crippen MR) is 65.9 cm³/mol. The van der Waals surface area contributed by atoms with Crippen molar-refractivity contribution in [3.8, 4) is 6.07 Å². The molecule has 0 N–H and O–H groups in total. The first-order valence-electron chi connectivity index (χ1n) is 5.35. The van der Waals surface area contributed by atoms with E-state index in [-0.39, 0.29) is 11.5 Å². The van der Waals surface area contributed by atoms with Crippen molar-refractivity contribution in [3.63, 3.8) is 0 Å². The molecule has 0 aliphatic carbocycles. The lowest BCUT2D eigenvalue weighted by atomic mass is 10.2. The largest absolute Gasteiger partial charge is 0.326 e. The highest BCUT2D eigenvalue weighted by atomic mass is 19.1. The molecule has 0 aliphatic rings. The topological polar surface area (TPSA) is 52.8 Å². The summed E-state index contributed by atoms with van der Waals surface area (Å²) in [6.45, 7) is 1.57. The van der Waals surface area contributed by atoms with E-state index in [0.29, 0.717) is 11.3 Å². The third-order valence-electron chi connectivity index (χ3n) is 2.65. The Kier molecular flexibility index (Phi) is 3.20. The Labute approximate surface area is 104 Å². The van der Waals surface area contributed by atoms with Gasteiger partial charge in [0.05, 0.1) is 16.9 Å². The van der Waals surface area contributed by atoms with Crippen LogP contribution in [0.2, 0.25) is 0 Å². The van der Waals surface area contributed by atoms with Crippen molar-refractivity contribution in [1.29, 1.82) is 5.26 Å². The van der Waals surface area contributed by atoms with Crippen LogP contribution >= 0.6 is 0 Å². The minimum absolute atomic E-state index is 0.158. The van der Waals surface area contributed by atoms with E-state index in [4.69, 9.17) is 5.26 Å². The van der Waals surface area contributed by atoms with Crippen LogP contribution in [0, 0.1) is 24.1 Å². The number of anilines is 2. The first-order chi connectivity index (χ1) is 8.65. The van der Waals surface area contributed by atoms with Crippen molar-refractivity contribution in [3.05, 3.63) is 47.7 Å². The summed E-state index contributed by atoms with van der Waals surface area (Å²) in [5.74, 6) is -0.321. The molecule has 0 saturated heterocycles. The average Bonchev–Trinajstić information content (AvgIpc) is 2.41. The van der Waals surface area contributed by atoms with Crippen LogP contribution in [-0.2, 0) is 0 Å². The van der Waals surface area contributed by atoms with Gasteiger partial charge in [-0.05, 0) is 19.1 Å². The van der Waals surface area contributed by atoms with Crippen molar-refractivity contribution < 1.29 is 4.39 Å². The molecule has 2 aromatic rings. The van der Waals surface area contributed by atoms with Gasteiger partial charge in [0.15, 0.2) is 11.6 Å². The molecule has 0 aliphatic heterocycles. The van der Waals surface area contributed by atoms with E-state index in [2.05, 4.69) is 16.0 Å². The van der Waals surface area contributed by atoms with Crippen LogP contribution < -0.4 is 4.90 Å². The minimum atomic E-state index is -0.479. The lowest BCUT2D eigenvalue weighted by Gasteiger charge is -2.20. The number of halogens is 1. The van der Waals surface area contributed by atoms with Crippen LogP contribution in [0.1, 0.15) is 11.3 Å². The van der Waals surface area contributed by atoms with Gasteiger partial charge in [0.2, 0.25) is 0 Å². The van der Waals surface area contributed by atoms with E-state index in [1.54, 1.807) is 43.1 Å². The number of para-hydroxylation sites is 1. The second kappa shape index (κ2) is 4.80. The highest BCUT2D eigenvalue weighted by Gasteiger charge is 2.15. The molecule has 1 aromatic heterocycles. The summed E-state index contributed by atoms with van der Waals surface area (Å²) in [6, 6.07) is 9.05. The van der Waals surface area contributed by atoms with Crippen LogP contribution in [0.4, 0.5) is 15.9 Å². The molecule has 0 saturated carbocycles. The average molecular weight is 242 g/mol. The maximum atomic E-state index is 13.9. The predicted octanol–water partition coefficient (Wildman–Crippen LogP) is 2.56. The Morgan fingerprint density at radius 2 is 2.00 bits per heavy atom. The molecule has 0 bridgehead atoms. The summed E-state index contributed by atoms with van der Waals surface area (Å²) in [5, 5.41) is 9.03. The fourth-order valence-corrected chi connectivity index (χ4v) is 1.65. The molecule has 4 nitrogen and oxygen atoms in total. The van der Waals surface area contributed by atoms with E-state index in [1.807, 2.05) is 0 Å². The van der Waals surface area contributed by atoms with Crippen LogP contribution in [-0.4, -0.2) is 17.0 Å². The molecule has 0 atom stereocenters. The van der Waals surface area contributed by atoms with E-state index < -0.39 is 5.82 Å². The highest BCUT2D eigenvalue weighted by molar-refractivity contribution is 5.66. The van der Waals surface area contributed by atoms with Gasteiger partial charge in [0, 0.05) is 7.05 Å². The molecule has 90 valence electrons. The summed E-state index contributed by atoms with van der Waals surface area (Å²) in [5.41, 5.74) is 1.36. The van der Waals surface area contributed by atoms with E-state index in [1.165, 1.54) is 6.33 Å². The lowest BCUT2D eigenvalue weighted by molar-refractivity contribution is 0.601. The van der Waals surface area contributed by atoms with Crippen LogP contribution in [0.15, 0.2) is 30.6 Å². The number of nitrogens with zero attached hydrogens (tertiary/aromatic N) is 4. The van der Waals surface area contributed by atoms with Gasteiger partial charge in [0.25, 0.3) is 0 Å². The molecule has 0 fully saturated rings. The second-order valence-electron chi connectivity index (χ2n) is 3.78. The number of hydrogen-bond acceptors (Lipinski definition) is 4. The fourth-order valence-electron chi connectivity index (χ4n) is 1.65. The molecular formula is C13H11FN4. The van der Waals surface area contributed by atoms with Crippen molar-refractivity contribution in [2.75, 3.05) is 11.9 Å². The van der Waals surface area contributed by atoms with Crippen molar-refractivity contribution in [2.45, 2.75) is 6.92 Å². The van der Waals surface area contributed by atoms with Gasteiger partial charge in [-0.15, -0.1) is 0 Å². The number of benzene rings is 1. The van der Waals surface area contributed by atoms with Gasteiger partial charge in [0.1, 0.15) is 12.4 Å². The highest BCUT2D eigenvalue weighted by Crippen LogP contribution is 2.27.